The molecule has 1 aliphatic rings. The van der Waals surface area contributed by atoms with Crippen molar-refractivity contribution in [3.05, 3.63) is 94.6 Å². The third-order valence-electron chi connectivity index (χ3n) is 5.85. The Bertz CT molecular complexity index is 1310. The lowest BCUT2D eigenvalue weighted by atomic mass is 10.1. The van der Waals surface area contributed by atoms with Gasteiger partial charge in [0.2, 0.25) is 5.13 Å². The number of anilines is 2. The van der Waals surface area contributed by atoms with Crippen molar-refractivity contribution in [3.63, 3.8) is 0 Å². The van der Waals surface area contributed by atoms with Crippen molar-refractivity contribution in [2.45, 2.75) is 6.42 Å². The Balaban J connectivity index is 1.15. The summed E-state index contributed by atoms with van der Waals surface area (Å²) in [6.45, 7) is 2.40. The second-order valence-electron chi connectivity index (χ2n) is 8.10. The van der Waals surface area contributed by atoms with Gasteiger partial charge in [0.05, 0.1) is 4.92 Å². The Morgan fingerprint density at radius 1 is 1.00 bits per heavy atom. The molecule has 1 fully saturated rings. The highest BCUT2D eigenvalue weighted by atomic mass is 32.1. The number of hydrogen-bond donors (Lipinski definition) is 1. The lowest BCUT2D eigenvalue weighted by molar-refractivity contribution is -0.385. The zero-order chi connectivity index (χ0) is 24.2. The third-order valence-corrected chi connectivity index (χ3v) is 6.67. The minimum atomic E-state index is -0.385. The number of hydrogen-bond acceptors (Lipinski definition) is 7. The van der Waals surface area contributed by atoms with Gasteiger partial charge in [-0.05, 0) is 36.4 Å². The SMILES string of the molecule is O=C(Nc1ccc(-n2cccc2)cc1)N1CCN(c2nc(Cc3ccccc3[N+](=O)[O-])ns2)CC1. The molecule has 0 radical (unpaired) electrons. The summed E-state index contributed by atoms with van der Waals surface area (Å²) in [5, 5.41) is 15.0. The molecule has 1 saturated heterocycles. The summed E-state index contributed by atoms with van der Waals surface area (Å²) in [6.07, 6.45) is 4.25. The summed E-state index contributed by atoms with van der Waals surface area (Å²) in [5.74, 6) is 0.558. The van der Waals surface area contributed by atoms with Gasteiger partial charge in [-0.15, -0.1) is 0 Å². The molecule has 0 aliphatic carbocycles. The van der Waals surface area contributed by atoms with Crippen LogP contribution in [-0.2, 0) is 6.42 Å². The molecule has 2 aromatic carbocycles. The average molecular weight is 490 g/mol. The molecule has 4 aromatic rings. The third kappa shape index (κ3) is 5.14. The molecule has 3 heterocycles. The maximum absolute atomic E-state index is 12.7. The van der Waals surface area contributed by atoms with Gasteiger partial charge in [0.15, 0.2) is 0 Å². The predicted molar refractivity (Wildman–Crippen MR) is 134 cm³/mol. The van der Waals surface area contributed by atoms with Crippen LogP contribution in [0.2, 0.25) is 0 Å². The molecular formula is C24H23N7O3S. The first-order valence-electron chi connectivity index (χ1n) is 11.2. The molecule has 0 saturated carbocycles. The highest BCUT2D eigenvalue weighted by Gasteiger charge is 2.24. The van der Waals surface area contributed by atoms with E-state index in [9.17, 15) is 14.9 Å². The van der Waals surface area contributed by atoms with Crippen molar-refractivity contribution in [2.75, 3.05) is 36.4 Å². The van der Waals surface area contributed by atoms with Gasteiger partial charge in [-0.3, -0.25) is 10.1 Å². The lowest BCUT2D eigenvalue weighted by Crippen LogP contribution is -2.50. The van der Waals surface area contributed by atoms with Crippen molar-refractivity contribution in [2.24, 2.45) is 0 Å². The Morgan fingerprint density at radius 3 is 2.43 bits per heavy atom. The van der Waals surface area contributed by atoms with E-state index in [2.05, 4.69) is 19.6 Å². The molecule has 5 rings (SSSR count). The Morgan fingerprint density at radius 2 is 1.71 bits per heavy atom. The summed E-state index contributed by atoms with van der Waals surface area (Å²) >= 11 is 1.28. The summed E-state index contributed by atoms with van der Waals surface area (Å²) in [4.78, 5) is 32.1. The summed E-state index contributed by atoms with van der Waals surface area (Å²) in [5.41, 5.74) is 2.43. The number of para-hydroxylation sites is 1. The zero-order valence-corrected chi connectivity index (χ0v) is 19.6. The second-order valence-corrected chi connectivity index (χ2v) is 8.83. The molecule has 10 nitrogen and oxygen atoms in total. The summed E-state index contributed by atoms with van der Waals surface area (Å²) in [7, 11) is 0. The van der Waals surface area contributed by atoms with Crippen LogP contribution < -0.4 is 10.2 Å². The minimum absolute atomic E-state index is 0.0721. The number of carbonyl (C=O) groups excluding carboxylic acids is 1. The number of nitro groups is 1. The van der Waals surface area contributed by atoms with Crippen molar-refractivity contribution in [1.82, 2.24) is 18.8 Å². The van der Waals surface area contributed by atoms with E-state index in [-0.39, 0.29) is 16.6 Å². The molecule has 1 aliphatic heterocycles. The number of benzene rings is 2. The van der Waals surface area contributed by atoms with Crippen molar-refractivity contribution < 1.29 is 9.72 Å². The number of nitro benzene ring substituents is 1. The maximum atomic E-state index is 12.7. The monoisotopic (exact) mass is 489 g/mol. The fraction of sp³-hybridized carbons (Fsp3) is 0.208. The molecule has 2 amide bonds. The Kier molecular flexibility index (Phi) is 6.40. The summed E-state index contributed by atoms with van der Waals surface area (Å²) < 4.78 is 6.40. The van der Waals surface area contributed by atoms with Gasteiger partial charge >= 0.3 is 6.03 Å². The first-order valence-corrected chi connectivity index (χ1v) is 11.9. The largest absolute Gasteiger partial charge is 0.343 e. The number of nitrogens with zero attached hydrogens (tertiary/aromatic N) is 6. The quantitative estimate of drug-likeness (QED) is 0.321. The molecule has 11 heteroatoms. The van der Waals surface area contributed by atoms with E-state index in [4.69, 9.17) is 0 Å². The molecule has 2 aromatic heterocycles. The normalized spacial score (nSPS) is 13.6. The van der Waals surface area contributed by atoms with Gasteiger partial charge in [0.25, 0.3) is 5.69 Å². The van der Waals surface area contributed by atoms with Crippen LogP contribution in [0, 0.1) is 10.1 Å². The van der Waals surface area contributed by atoms with Crippen LogP contribution in [0.3, 0.4) is 0 Å². The first kappa shape index (κ1) is 22.5. The lowest BCUT2D eigenvalue weighted by Gasteiger charge is -2.34. The van der Waals surface area contributed by atoms with E-state index in [1.165, 1.54) is 17.6 Å². The van der Waals surface area contributed by atoms with Crippen molar-refractivity contribution in [1.29, 1.82) is 0 Å². The summed E-state index contributed by atoms with van der Waals surface area (Å²) in [6, 6.07) is 18.1. The standard InChI is InChI=1S/C24H23N7O3S/c32-23(25-19-7-9-20(10-8-19)28-11-3-4-12-28)29-13-15-30(16-14-29)24-26-22(27-35-24)17-18-5-1-2-6-21(18)31(33)34/h1-12H,13-17H2,(H,25,32). The van der Waals surface area contributed by atoms with Crippen molar-refractivity contribution >= 4 is 34.1 Å². The van der Waals surface area contributed by atoms with Gasteiger partial charge < -0.3 is 19.7 Å². The highest BCUT2D eigenvalue weighted by Crippen LogP contribution is 2.24. The van der Waals surface area contributed by atoms with E-state index in [1.807, 2.05) is 53.4 Å². The molecular weight excluding hydrogens is 466 g/mol. The van der Waals surface area contributed by atoms with Gasteiger partial charge in [0, 0.05) is 79.5 Å². The van der Waals surface area contributed by atoms with E-state index >= 15 is 0 Å². The minimum Gasteiger partial charge on any atom is -0.343 e. The number of rotatable bonds is 6. The van der Waals surface area contributed by atoms with Gasteiger partial charge in [-0.2, -0.15) is 4.37 Å². The van der Waals surface area contributed by atoms with Crippen LogP contribution in [0.5, 0.6) is 0 Å². The van der Waals surface area contributed by atoms with E-state index < -0.39 is 0 Å². The number of nitrogens with one attached hydrogen (secondary N) is 1. The molecule has 0 atom stereocenters. The van der Waals surface area contributed by atoms with E-state index in [1.54, 1.807) is 23.1 Å². The van der Waals surface area contributed by atoms with Crippen molar-refractivity contribution in [3.8, 4) is 5.69 Å². The number of piperazine rings is 1. The number of urea groups is 1. The average Bonchev–Trinajstić information content (AvgIpc) is 3.58. The topological polar surface area (TPSA) is 109 Å². The molecule has 35 heavy (non-hydrogen) atoms. The Labute approximate surface area is 205 Å². The van der Waals surface area contributed by atoms with Crippen LogP contribution >= 0.6 is 11.5 Å². The molecule has 178 valence electrons. The smallest absolute Gasteiger partial charge is 0.321 e. The first-order chi connectivity index (χ1) is 17.1. The number of amides is 2. The van der Waals surface area contributed by atoms with Crippen LogP contribution in [0.4, 0.5) is 21.3 Å². The van der Waals surface area contributed by atoms with Crippen LogP contribution in [0.1, 0.15) is 11.4 Å². The predicted octanol–water partition coefficient (Wildman–Crippen LogP) is 4.18. The zero-order valence-electron chi connectivity index (χ0n) is 18.8. The number of carbonyl (C=O) groups is 1. The molecule has 1 N–H and O–H groups in total. The van der Waals surface area contributed by atoms with Crippen LogP contribution in [-0.4, -0.2) is 56.0 Å². The maximum Gasteiger partial charge on any atom is 0.321 e. The van der Waals surface area contributed by atoms with E-state index in [0.29, 0.717) is 44.0 Å². The van der Waals surface area contributed by atoms with Gasteiger partial charge in [0.1, 0.15) is 5.82 Å². The molecule has 0 unspecified atom stereocenters. The number of aromatic nitrogens is 3. The highest BCUT2D eigenvalue weighted by molar-refractivity contribution is 7.09. The van der Waals surface area contributed by atoms with Crippen LogP contribution in [0.15, 0.2) is 73.1 Å². The van der Waals surface area contributed by atoms with E-state index in [0.717, 1.165) is 16.5 Å². The fourth-order valence-corrected chi connectivity index (χ4v) is 4.72. The molecule has 0 spiro atoms. The fourth-order valence-electron chi connectivity index (χ4n) is 3.98. The Hall–Kier alpha value is -4.25. The van der Waals surface area contributed by atoms with Crippen LogP contribution in [0.25, 0.3) is 5.69 Å². The van der Waals surface area contributed by atoms with Gasteiger partial charge in [-0.25, -0.2) is 9.78 Å². The van der Waals surface area contributed by atoms with Gasteiger partial charge in [-0.1, -0.05) is 18.2 Å². The molecule has 0 bridgehead atoms. The second kappa shape index (κ2) is 9.94.